The number of amides is 1. The molecule has 0 radical (unpaired) electrons. The number of ether oxygens (including phenoxy) is 4. The monoisotopic (exact) mass is 882 g/mol. The summed E-state index contributed by atoms with van der Waals surface area (Å²) in [7, 11) is 0. The number of unbranched alkanes of at least 4 members (excludes halogenated alkanes) is 11. The first-order chi connectivity index (χ1) is 30.1. The number of hydrogen-bond acceptors (Lipinski definition) is 13. The molecule has 62 heavy (non-hydrogen) atoms. The highest BCUT2D eigenvalue weighted by atomic mass is 16.7. The molecule has 12 unspecified atom stereocenters. The highest BCUT2D eigenvalue weighted by Crippen LogP contribution is 2.30. The molecule has 9 N–H and O–H groups in total. The molecule has 2 fully saturated rings. The lowest BCUT2D eigenvalue weighted by Crippen LogP contribution is -2.65. The van der Waals surface area contributed by atoms with Gasteiger partial charge in [0.25, 0.3) is 0 Å². The Morgan fingerprint density at radius 3 is 1.69 bits per heavy atom. The van der Waals surface area contributed by atoms with Crippen LogP contribution in [0.15, 0.2) is 60.8 Å². The van der Waals surface area contributed by atoms with Gasteiger partial charge in [0.2, 0.25) is 5.91 Å². The van der Waals surface area contributed by atoms with Crippen LogP contribution in [0.1, 0.15) is 142 Å². The van der Waals surface area contributed by atoms with Gasteiger partial charge in [-0.05, 0) is 57.8 Å². The molecule has 14 heteroatoms. The Hall–Kier alpha value is -2.31. The van der Waals surface area contributed by atoms with E-state index in [2.05, 4.69) is 79.9 Å². The minimum absolute atomic E-state index is 0.244. The van der Waals surface area contributed by atoms with Gasteiger partial charge in [-0.3, -0.25) is 4.79 Å². The van der Waals surface area contributed by atoms with E-state index in [0.29, 0.717) is 12.8 Å². The van der Waals surface area contributed by atoms with Crippen LogP contribution in [0.4, 0.5) is 0 Å². The maximum absolute atomic E-state index is 13.1. The molecular weight excluding hydrogens is 799 g/mol. The average Bonchev–Trinajstić information content (AvgIpc) is 3.27. The normalized spacial score (nSPS) is 28.3. The minimum Gasteiger partial charge on any atom is -0.394 e. The molecule has 1 amide bonds. The van der Waals surface area contributed by atoms with Crippen molar-refractivity contribution in [1.29, 1.82) is 0 Å². The van der Waals surface area contributed by atoms with Crippen LogP contribution in [-0.4, -0.2) is 140 Å². The number of allylic oxidation sites excluding steroid dienone is 10. The number of aliphatic hydroxyl groups is 8. The molecule has 0 bridgehead atoms. The molecule has 0 spiro atoms. The Labute approximate surface area is 371 Å². The van der Waals surface area contributed by atoms with Gasteiger partial charge in [-0.15, -0.1) is 0 Å². The predicted octanol–water partition coefficient (Wildman–Crippen LogP) is 5.10. The van der Waals surface area contributed by atoms with Crippen molar-refractivity contribution in [3.05, 3.63) is 60.8 Å². The third-order valence-electron chi connectivity index (χ3n) is 11.2. The van der Waals surface area contributed by atoms with Crippen molar-refractivity contribution in [3.8, 4) is 0 Å². The zero-order valence-electron chi connectivity index (χ0n) is 37.6. The molecule has 2 aliphatic heterocycles. The molecule has 0 aromatic heterocycles. The van der Waals surface area contributed by atoms with E-state index in [9.17, 15) is 45.6 Å². The molecule has 14 nitrogen and oxygen atoms in total. The van der Waals surface area contributed by atoms with Gasteiger partial charge >= 0.3 is 0 Å². The molecular formula is C48H83NO13. The molecule has 2 heterocycles. The molecule has 0 aromatic carbocycles. The van der Waals surface area contributed by atoms with E-state index in [4.69, 9.17) is 18.9 Å². The lowest BCUT2D eigenvalue weighted by molar-refractivity contribution is -0.359. The zero-order chi connectivity index (χ0) is 45.4. The van der Waals surface area contributed by atoms with Crippen LogP contribution in [0.25, 0.3) is 0 Å². The molecule has 0 aliphatic carbocycles. The summed E-state index contributed by atoms with van der Waals surface area (Å²) in [5.74, 6) is -0.244. The molecule has 0 saturated carbocycles. The van der Waals surface area contributed by atoms with Gasteiger partial charge in [-0.25, -0.2) is 0 Å². The van der Waals surface area contributed by atoms with Gasteiger partial charge in [0, 0.05) is 6.42 Å². The van der Waals surface area contributed by atoms with Crippen LogP contribution < -0.4 is 5.32 Å². The smallest absolute Gasteiger partial charge is 0.220 e. The van der Waals surface area contributed by atoms with Gasteiger partial charge in [0.15, 0.2) is 12.6 Å². The van der Waals surface area contributed by atoms with Gasteiger partial charge in [-0.2, -0.15) is 0 Å². The SMILES string of the molecule is CC/C=C\C/C=C\C/C=C\C/C=C\C/C=C\CCCCCC(=O)NC(COC1OC(CO)C(OC2OC(CO)C(O)C(O)C2O)C(O)C1O)C(O)CCCCCCCCCCC. The van der Waals surface area contributed by atoms with E-state index < -0.39 is 86.8 Å². The van der Waals surface area contributed by atoms with Crippen molar-refractivity contribution in [1.82, 2.24) is 5.32 Å². The van der Waals surface area contributed by atoms with Crippen molar-refractivity contribution in [2.24, 2.45) is 0 Å². The summed E-state index contributed by atoms with van der Waals surface area (Å²) in [6.45, 7) is 2.65. The lowest BCUT2D eigenvalue weighted by Gasteiger charge is -2.46. The summed E-state index contributed by atoms with van der Waals surface area (Å²) in [5, 5.41) is 86.5. The first kappa shape index (κ1) is 55.8. The highest BCUT2D eigenvalue weighted by molar-refractivity contribution is 5.76. The van der Waals surface area contributed by atoms with E-state index >= 15 is 0 Å². The lowest BCUT2D eigenvalue weighted by atomic mass is 9.97. The first-order valence-corrected chi connectivity index (χ1v) is 23.5. The number of hydrogen-bond donors (Lipinski definition) is 9. The van der Waals surface area contributed by atoms with Gasteiger partial charge in [0.05, 0.1) is 32.0 Å². The summed E-state index contributed by atoms with van der Waals surface area (Å²) >= 11 is 0. The van der Waals surface area contributed by atoms with Crippen molar-refractivity contribution in [3.63, 3.8) is 0 Å². The first-order valence-electron chi connectivity index (χ1n) is 23.5. The summed E-state index contributed by atoms with van der Waals surface area (Å²) in [6.07, 6.45) is 23.8. The molecule has 12 atom stereocenters. The van der Waals surface area contributed by atoms with Crippen LogP contribution in [0.2, 0.25) is 0 Å². The highest BCUT2D eigenvalue weighted by Gasteiger charge is 2.51. The Balaban J connectivity index is 1.85. The van der Waals surface area contributed by atoms with Crippen LogP contribution in [0.3, 0.4) is 0 Å². The largest absolute Gasteiger partial charge is 0.394 e. The number of carbonyl (C=O) groups is 1. The quantitative estimate of drug-likeness (QED) is 0.0304. The molecule has 2 aliphatic rings. The van der Waals surface area contributed by atoms with Gasteiger partial charge < -0.3 is 65.1 Å². The van der Waals surface area contributed by atoms with E-state index in [0.717, 1.165) is 77.0 Å². The van der Waals surface area contributed by atoms with Crippen molar-refractivity contribution >= 4 is 5.91 Å². The number of nitrogens with one attached hydrogen (secondary N) is 1. The van der Waals surface area contributed by atoms with Crippen LogP contribution in [0.5, 0.6) is 0 Å². The maximum atomic E-state index is 13.1. The van der Waals surface area contributed by atoms with E-state index in [-0.39, 0.29) is 18.9 Å². The third-order valence-corrected chi connectivity index (χ3v) is 11.2. The fourth-order valence-electron chi connectivity index (χ4n) is 7.38. The fourth-order valence-corrected chi connectivity index (χ4v) is 7.38. The second-order valence-electron chi connectivity index (χ2n) is 16.5. The second-order valence-corrected chi connectivity index (χ2v) is 16.5. The van der Waals surface area contributed by atoms with Crippen molar-refractivity contribution in [2.45, 2.75) is 216 Å². The number of aliphatic hydroxyl groups excluding tert-OH is 8. The predicted molar refractivity (Wildman–Crippen MR) is 240 cm³/mol. The van der Waals surface area contributed by atoms with Crippen LogP contribution in [0, 0.1) is 0 Å². The molecule has 358 valence electrons. The summed E-state index contributed by atoms with van der Waals surface area (Å²) in [5.41, 5.74) is 0. The Morgan fingerprint density at radius 1 is 0.597 bits per heavy atom. The summed E-state index contributed by atoms with van der Waals surface area (Å²) < 4.78 is 22.6. The van der Waals surface area contributed by atoms with E-state index in [1.165, 1.54) is 32.1 Å². The van der Waals surface area contributed by atoms with Crippen LogP contribution in [-0.2, 0) is 23.7 Å². The standard InChI is InChI=1S/C48H83NO13/c1-3-5-7-9-11-13-14-15-16-17-18-19-20-21-22-24-26-28-30-32-40(53)49-36(37(52)31-29-27-25-23-12-10-8-6-4-2)35-59-47-45(58)43(56)46(39(34-51)61-47)62-48-44(57)42(55)41(54)38(33-50)60-48/h5,7,11,13,15-16,18-19,21-22,36-39,41-48,50-52,54-58H,3-4,6,8-10,12,14,17,20,23-35H2,1-2H3,(H,49,53)/b7-5-,13-11-,16-15-,19-18-,22-21-. The minimum atomic E-state index is -1.79. The number of carbonyl (C=O) groups excluding carboxylic acids is 1. The van der Waals surface area contributed by atoms with Crippen molar-refractivity contribution in [2.75, 3.05) is 19.8 Å². The second kappa shape index (κ2) is 35.0. The average molecular weight is 882 g/mol. The fraction of sp³-hybridized carbons (Fsp3) is 0.771. The topological polar surface area (TPSA) is 228 Å². The van der Waals surface area contributed by atoms with Gasteiger partial charge in [0.1, 0.15) is 48.8 Å². The molecule has 2 saturated heterocycles. The van der Waals surface area contributed by atoms with E-state index in [1.54, 1.807) is 0 Å². The maximum Gasteiger partial charge on any atom is 0.220 e. The Kier molecular flexibility index (Phi) is 31.5. The van der Waals surface area contributed by atoms with Crippen molar-refractivity contribution < 1.29 is 64.6 Å². The third kappa shape index (κ3) is 22.5. The molecule has 2 rings (SSSR count). The summed E-state index contributed by atoms with van der Waals surface area (Å²) in [4.78, 5) is 13.1. The van der Waals surface area contributed by atoms with Crippen LogP contribution >= 0.6 is 0 Å². The zero-order valence-corrected chi connectivity index (χ0v) is 37.6. The summed E-state index contributed by atoms with van der Waals surface area (Å²) in [6, 6.07) is -0.846. The van der Waals surface area contributed by atoms with E-state index in [1.807, 2.05) is 0 Å². The van der Waals surface area contributed by atoms with Gasteiger partial charge in [-0.1, -0.05) is 139 Å². The Morgan fingerprint density at radius 2 is 1.11 bits per heavy atom. The Bertz CT molecular complexity index is 1270. The number of rotatable bonds is 34. The molecule has 0 aromatic rings.